The van der Waals surface area contributed by atoms with Gasteiger partial charge in [0.05, 0.1) is 23.5 Å². The smallest absolute Gasteiger partial charge is 0.268 e. The van der Waals surface area contributed by atoms with E-state index in [1.165, 1.54) is 7.05 Å². The summed E-state index contributed by atoms with van der Waals surface area (Å²) >= 11 is 0. The number of likely N-dealkylation sites (tertiary alicyclic amines) is 2. The van der Waals surface area contributed by atoms with Crippen LogP contribution in [-0.4, -0.2) is 90.0 Å². The van der Waals surface area contributed by atoms with Crippen molar-refractivity contribution in [2.75, 3.05) is 26.7 Å². The number of fused-ring (bicyclic) bond motifs is 3. The van der Waals surface area contributed by atoms with Crippen molar-refractivity contribution in [1.29, 1.82) is 0 Å². The Balaban J connectivity index is 1.24. The van der Waals surface area contributed by atoms with E-state index >= 15 is 0 Å². The molecule has 2 saturated heterocycles. The zero-order valence-corrected chi connectivity index (χ0v) is 25.8. The van der Waals surface area contributed by atoms with Crippen LogP contribution in [0.25, 0.3) is 10.9 Å². The molecule has 0 saturated carbocycles. The van der Waals surface area contributed by atoms with Gasteiger partial charge in [0, 0.05) is 31.0 Å². The number of aromatic nitrogens is 1. The molecule has 2 bridgehead atoms. The van der Waals surface area contributed by atoms with Crippen LogP contribution in [0.3, 0.4) is 0 Å². The van der Waals surface area contributed by atoms with Crippen LogP contribution in [0.1, 0.15) is 48.8 Å². The number of carbonyl (C=O) groups is 3. The van der Waals surface area contributed by atoms with Gasteiger partial charge in [0.25, 0.3) is 5.91 Å². The van der Waals surface area contributed by atoms with Crippen molar-refractivity contribution in [3.63, 3.8) is 0 Å². The topological polar surface area (TPSA) is 123 Å². The highest BCUT2D eigenvalue weighted by Crippen LogP contribution is 2.34. The van der Waals surface area contributed by atoms with Crippen LogP contribution in [0.4, 0.5) is 0 Å². The predicted octanol–water partition coefficient (Wildman–Crippen LogP) is 3.06. The van der Waals surface area contributed by atoms with Crippen molar-refractivity contribution in [1.82, 2.24) is 24.4 Å². The van der Waals surface area contributed by atoms with Crippen molar-refractivity contribution in [3.05, 3.63) is 65.4 Å². The van der Waals surface area contributed by atoms with Crippen LogP contribution in [0, 0.1) is 19.3 Å². The first-order chi connectivity index (χ1) is 19.7. The lowest BCUT2D eigenvalue weighted by Crippen LogP contribution is -2.59. The third kappa shape index (κ3) is 5.55. The van der Waals surface area contributed by atoms with E-state index in [4.69, 9.17) is 0 Å². The monoisotopic (exact) mass is 593 g/mol. The van der Waals surface area contributed by atoms with Gasteiger partial charge in [-0.2, -0.15) is 4.31 Å². The number of hydrogen-bond donors (Lipinski definition) is 2. The molecule has 3 atom stereocenters. The van der Waals surface area contributed by atoms with Crippen LogP contribution in [-0.2, 0) is 19.6 Å². The van der Waals surface area contributed by atoms with Gasteiger partial charge in [-0.3, -0.25) is 14.4 Å². The van der Waals surface area contributed by atoms with Gasteiger partial charge in [0.2, 0.25) is 21.8 Å². The minimum Gasteiger partial charge on any atom is -0.351 e. The SMILES string of the molecule is Cc1ccc(C)c(S(=O)(=O)N(C)CC(=O)N2C[C@@H]3C[C@H]2CN3C(=O)[C@@H](NC(=O)c2cc3ccccc3[nH]2)C(C)(C)C)c1. The molecule has 3 heterocycles. The second kappa shape index (κ2) is 10.9. The molecular weight excluding hydrogens is 554 g/mol. The van der Waals surface area contributed by atoms with Gasteiger partial charge in [-0.05, 0) is 55.0 Å². The lowest BCUT2D eigenvalue weighted by molar-refractivity contribution is -0.142. The third-order valence-electron chi connectivity index (χ3n) is 8.40. The molecule has 3 aromatic rings. The van der Waals surface area contributed by atoms with E-state index in [9.17, 15) is 22.8 Å². The lowest BCUT2D eigenvalue weighted by Gasteiger charge is -2.39. The number of amides is 3. The highest BCUT2D eigenvalue weighted by atomic mass is 32.2. The Morgan fingerprint density at radius 2 is 1.69 bits per heavy atom. The number of aromatic amines is 1. The van der Waals surface area contributed by atoms with Gasteiger partial charge in [-0.1, -0.05) is 51.1 Å². The first kappa shape index (κ1) is 29.8. The van der Waals surface area contributed by atoms with Gasteiger partial charge in [-0.15, -0.1) is 0 Å². The summed E-state index contributed by atoms with van der Waals surface area (Å²) in [5, 5.41) is 3.87. The Hall–Kier alpha value is -3.70. The first-order valence-electron chi connectivity index (χ1n) is 14.2. The molecule has 2 aliphatic heterocycles. The summed E-state index contributed by atoms with van der Waals surface area (Å²) in [4.78, 5) is 47.1. The molecule has 2 N–H and O–H groups in total. The molecule has 42 heavy (non-hydrogen) atoms. The molecule has 2 aliphatic rings. The Labute approximate surface area is 247 Å². The molecule has 2 aromatic carbocycles. The number of likely N-dealkylation sites (N-methyl/N-ethyl adjacent to an activating group) is 1. The van der Waals surface area contributed by atoms with Gasteiger partial charge in [0.15, 0.2) is 0 Å². The van der Waals surface area contributed by atoms with Gasteiger partial charge >= 0.3 is 0 Å². The highest BCUT2D eigenvalue weighted by molar-refractivity contribution is 7.89. The number of hydrogen-bond acceptors (Lipinski definition) is 5. The Morgan fingerprint density at radius 1 is 1.02 bits per heavy atom. The fourth-order valence-corrected chi connectivity index (χ4v) is 7.41. The Morgan fingerprint density at radius 3 is 2.33 bits per heavy atom. The minimum absolute atomic E-state index is 0.179. The number of benzene rings is 2. The molecular formula is C31H39N5O5S. The molecule has 0 unspecified atom stereocenters. The number of aryl methyl sites for hydroxylation is 2. The number of sulfonamides is 1. The number of H-pyrrole nitrogens is 1. The standard InChI is InChI=1S/C31H39N5O5S/c1-19-11-12-20(2)26(13-19)42(40,41)34(6)18-27(37)35-16-23-15-22(35)17-36(23)30(39)28(31(3,4)5)33-29(38)25-14-21-9-7-8-10-24(21)32-25/h7-14,22-23,28,32H,15-18H2,1-6H3,(H,33,38)/t22-,23-,28+/m0/s1. The number of para-hydroxylation sites is 1. The maximum Gasteiger partial charge on any atom is 0.268 e. The van der Waals surface area contributed by atoms with Crippen molar-refractivity contribution >= 4 is 38.6 Å². The minimum atomic E-state index is -3.85. The normalized spacial score (nSPS) is 19.5. The quantitative estimate of drug-likeness (QED) is 0.436. The summed E-state index contributed by atoms with van der Waals surface area (Å²) in [5.41, 5.74) is 2.13. The molecule has 2 fully saturated rings. The Bertz CT molecular complexity index is 1620. The molecule has 10 nitrogen and oxygen atoms in total. The van der Waals surface area contributed by atoms with E-state index in [1.54, 1.807) is 34.9 Å². The first-order valence-corrected chi connectivity index (χ1v) is 15.6. The van der Waals surface area contributed by atoms with Gasteiger partial charge in [0.1, 0.15) is 11.7 Å². The number of carbonyl (C=O) groups excluding carboxylic acids is 3. The lowest BCUT2D eigenvalue weighted by atomic mass is 9.85. The zero-order chi connectivity index (χ0) is 30.6. The maximum absolute atomic E-state index is 13.8. The molecule has 3 amide bonds. The van der Waals surface area contributed by atoms with Crippen molar-refractivity contribution < 1.29 is 22.8 Å². The van der Waals surface area contributed by atoms with Crippen LogP contribution in [0.2, 0.25) is 0 Å². The van der Waals surface area contributed by atoms with E-state index in [1.807, 2.05) is 58.0 Å². The highest BCUT2D eigenvalue weighted by Gasteiger charge is 2.50. The van der Waals surface area contributed by atoms with Crippen LogP contribution in [0.15, 0.2) is 53.4 Å². The van der Waals surface area contributed by atoms with Gasteiger partial charge in [-0.25, -0.2) is 8.42 Å². The predicted molar refractivity (Wildman–Crippen MR) is 160 cm³/mol. The summed E-state index contributed by atoms with van der Waals surface area (Å²) < 4.78 is 27.6. The molecule has 0 aliphatic carbocycles. The van der Waals surface area contributed by atoms with Crippen molar-refractivity contribution in [2.45, 2.75) is 64.1 Å². The van der Waals surface area contributed by atoms with E-state index in [-0.39, 0.29) is 41.2 Å². The molecule has 5 rings (SSSR count). The van der Waals surface area contributed by atoms with E-state index in [0.29, 0.717) is 30.8 Å². The fraction of sp³-hybridized carbons (Fsp3) is 0.452. The van der Waals surface area contributed by atoms with Crippen molar-refractivity contribution in [3.8, 4) is 0 Å². The van der Waals surface area contributed by atoms with E-state index in [0.717, 1.165) is 20.8 Å². The molecule has 0 radical (unpaired) electrons. The molecule has 1 aromatic heterocycles. The van der Waals surface area contributed by atoms with Crippen molar-refractivity contribution in [2.24, 2.45) is 5.41 Å². The largest absolute Gasteiger partial charge is 0.351 e. The molecule has 11 heteroatoms. The average Bonchev–Trinajstić information content (AvgIpc) is 3.66. The Kier molecular flexibility index (Phi) is 7.69. The zero-order valence-electron chi connectivity index (χ0n) is 25.0. The maximum atomic E-state index is 13.8. The number of nitrogens with zero attached hydrogens (tertiary/aromatic N) is 3. The van der Waals surface area contributed by atoms with Crippen LogP contribution < -0.4 is 5.32 Å². The average molecular weight is 594 g/mol. The number of rotatable bonds is 7. The second-order valence-electron chi connectivity index (χ2n) is 12.7. The molecule has 0 spiro atoms. The summed E-state index contributed by atoms with van der Waals surface area (Å²) in [5.74, 6) is -0.819. The van der Waals surface area contributed by atoms with Crippen LogP contribution >= 0.6 is 0 Å². The number of piperazine rings is 1. The summed E-state index contributed by atoms with van der Waals surface area (Å²) in [7, 11) is -2.43. The summed E-state index contributed by atoms with van der Waals surface area (Å²) in [6.45, 7) is 9.71. The summed E-state index contributed by atoms with van der Waals surface area (Å²) in [6, 6.07) is 13.4. The van der Waals surface area contributed by atoms with Crippen LogP contribution in [0.5, 0.6) is 0 Å². The fourth-order valence-electron chi connectivity index (χ4n) is 5.98. The third-order valence-corrected chi connectivity index (χ3v) is 10.3. The molecule has 224 valence electrons. The van der Waals surface area contributed by atoms with Gasteiger partial charge < -0.3 is 20.1 Å². The van der Waals surface area contributed by atoms with E-state index in [2.05, 4.69) is 10.3 Å². The number of nitrogens with one attached hydrogen (secondary N) is 2. The van der Waals surface area contributed by atoms with E-state index < -0.39 is 21.5 Å². The second-order valence-corrected chi connectivity index (χ2v) is 14.7. The summed E-state index contributed by atoms with van der Waals surface area (Å²) in [6.07, 6.45) is 0.623.